The number of likely N-dealkylation sites (tertiary alicyclic amines) is 1. The van der Waals surface area contributed by atoms with Crippen molar-refractivity contribution in [1.82, 2.24) is 9.88 Å². The molecule has 0 aliphatic carbocycles. The van der Waals surface area contributed by atoms with E-state index >= 15 is 0 Å². The predicted octanol–water partition coefficient (Wildman–Crippen LogP) is 2.55. The molecule has 1 fully saturated rings. The Balaban J connectivity index is 0.00000161. The Morgan fingerprint density at radius 2 is 2.38 bits per heavy atom. The third-order valence-electron chi connectivity index (χ3n) is 3.58. The number of hydrogen-bond donors (Lipinski definition) is 1. The fourth-order valence-electron chi connectivity index (χ4n) is 2.41. The lowest BCUT2D eigenvalue weighted by Gasteiger charge is -2.14. The number of carbonyl (C=O) groups is 1. The summed E-state index contributed by atoms with van der Waals surface area (Å²) in [4.78, 5) is 18.6. The van der Waals surface area contributed by atoms with Crippen LogP contribution >= 0.6 is 23.7 Å². The van der Waals surface area contributed by atoms with E-state index < -0.39 is 0 Å². The molecule has 1 aliphatic rings. The first-order chi connectivity index (χ1) is 9.67. The minimum absolute atomic E-state index is 0. The average Bonchev–Trinajstić information content (AvgIpc) is 3.17. The van der Waals surface area contributed by atoms with Crippen LogP contribution < -0.4 is 5.73 Å². The van der Waals surface area contributed by atoms with Crippen LogP contribution in [0.5, 0.6) is 0 Å². The fourth-order valence-corrected chi connectivity index (χ4v) is 3.16. The van der Waals surface area contributed by atoms with Gasteiger partial charge in [0.25, 0.3) is 5.91 Å². The molecule has 21 heavy (non-hydrogen) atoms. The van der Waals surface area contributed by atoms with E-state index in [1.54, 1.807) is 5.38 Å². The summed E-state index contributed by atoms with van der Waals surface area (Å²) in [7, 11) is 0. The molecule has 2 aromatic heterocycles. The maximum atomic E-state index is 12.4. The van der Waals surface area contributed by atoms with Crippen molar-refractivity contribution >= 4 is 29.7 Å². The van der Waals surface area contributed by atoms with Crippen LogP contribution in [-0.2, 0) is 0 Å². The molecule has 1 aliphatic heterocycles. The van der Waals surface area contributed by atoms with Gasteiger partial charge in [0.15, 0.2) is 10.8 Å². The summed E-state index contributed by atoms with van der Waals surface area (Å²) in [6.07, 6.45) is 0.983. The third kappa shape index (κ3) is 3.28. The van der Waals surface area contributed by atoms with Crippen LogP contribution in [0.1, 0.15) is 22.7 Å². The zero-order chi connectivity index (χ0) is 14.1. The number of thiazole rings is 1. The number of aromatic nitrogens is 1. The Hall–Kier alpha value is -1.37. The molecule has 1 atom stereocenters. The van der Waals surface area contributed by atoms with Gasteiger partial charge in [-0.25, -0.2) is 4.98 Å². The number of halogens is 1. The highest BCUT2D eigenvalue weighted by molar-refractivity contribution is 7.13. The number of rotatable bonds is 3. The molecule has 114 valence electrons. The Kier molecular flexibility index (Phi) is 5.03. The van der Waals surface area contributed by atoms with Gasteiger partial charge in [-0.3, -0.25) is 4.79 Å². The molecule has 1 unspecified atom stereocenters. The van der Waals surface area contributed by atoms with Crippen molar-refractivity contribution in [1.29, 1.82) is 0 Å². The zero-order valence-electron chi connectivity index (χ0n) is 11.7. The Morgan fingerprint density at radius 1 is 1.57 bits per heavy atom. The van der Waals surface area contributed by atoms with Gasteiger partial charge >= 0.3 is 0 Å². The molecule has 7 heteroatoms. The highest BCUT2D eigenvalue weighted by Gasteiger charge is 2.27. The van der Waals surface area contributed by atoms with Gasteiger partial charge in [-0.05, 0) is 37.9 Å². The Bertz CT molecular complexity index is 625. The molecule has 1 amide bonds. The SMILES string of the molecule is Cc1ccc(-c2nc(C(=O)N3CCC(CN)C3)cs2)o1.Cl. The lowest BCUT2D eigenvalue weighted by atomic mass is 10.1. The number of carbonyl (C=O) groups excluding carboxylic acids is 1. The van der Waals surface area contributed by atoms with Gasteiger partial charge in [0, 0.05) is 18.5 Å². The first-order valence-electron chi connectivity index (χ1n) is 6.69. The van der Waals surface area contributed by atoms with Crippen LogP contribution in [0.4, 0.5) is 0 Å². The molecule has 0 radical (unpaired) electrons. The van der Waals surface area contributed by atoms with Crippen LogP contribution in [0.25, 0.3) is 10.8 Å². The summed E-state index contributed by atoms with van der Waals surface area (Å²) in [6, 6.07) is 3.77. The Labute approximate surface area is 133 Å². The standard InChI is InChI=1S/C14H17N3O2S.ClH/c1-9-2-3-12(19-9)13-16-11(8-20-13)14(18)17-5-4-10(6-15)7-17;/h2-3,8,10H,4-7,15H2,1H3;1H. The van der Waals surface area contributed by atoms with Crippen molar-refractivity contribution in [3.63, 3.8) is 0 Å². The van der Waals surface area contributed by atoms with Gasteiger partial charge in [-0.15, -0.1) is 23.7 Å². The second-order valence-electron chi connectivity index (χ2n) is 5.09. The number of nitrogens with two attached hydrogens (primary N) is 1. The van der Waals surface area contributed by atoms with Crippen LogP contribution in [0.15, 0.2) is 21.9 Å². The molecule has 2 aromatic rings. The first kappa shape index (κ1) is 16.0. The number of amides is 1. The molecule has 1 saturated heterocycles. The van der Waals surface area contributed by atoms with Crippen LogP contribution in [0.2, 0.25) is 0 Å². The van der Waals surface area contributed by atoms with Crippen LogP contribution in [-0.4, -0.2) is 35.4 Å². The highest BCUT2D eigenvalue weighted by Crippen LogP contribution is 2.27. The smallest absolute Gasteiger partial charge is 0.273 e. The maximum absolute atomic E-state index is 12.4. The fraction of sp³-hybridized carbons (Fsp3) is 0.429. The summed E-state index contributed by atoms with van der Waals surface area (Å²) < 4.78 is 5.53. The van der Waals surface area contributed by atoms with Gasteiger partial charge in [-0.2, -0.15) is 0 Å². The van der Waals surface area contributed by atoms with E-state index in [0.29, 0.717) is 23.9 Å². The quantitative estimate of drug-likeness (QED) is 0.940. The number of aryl methyl sites for hydroxylation is 1. The van der Waals surface area contributed by atoms with Gasteiger partial charge in [0.1, 0.15) is 11.5 Å². The number of furan rings is 1. The molecule has 5 nitrogen and oxygen atoms in total. The monoisotopic (exact) mass is 327 g/mol. The highest BCUT2D eigenvalue weighted by atomic mass is 35.5. The molecule has 0 bridgehead atoms. The lowest BCUT2D eigenvalue weighted by molar-refractivity contribution is 0.0783. The van der Waals surface area contributed by atoms with Crippen molar-refractivity contribution in [2.45, 2.75) is 13.3 Å². The lowest BCUT2D eigenvalue weighted by Crippen LogP contribution is -2.30. The van der Waals surface area contributed by atoms with Crippen molar-refractivity contribution in [3.8, 4) is 10.8 Å². The zero-order valence-corrected chi connectivity index (χ0v) is 13.4. The topological polar surface area (TPSA) is 72.4 Å². The molecule has 0 spiro atoms. The summed E-state index contributed by atoms with van der Waals surface area (Å²) in [6.45, 7) is 4.04. The molecular formula is C14H18ClN3O2S. The maximum Gasteiger partial charge on any atom is 0.273 e. The molecule has 0 saturated carbocycles. The van der Waals surface area contributed by atoms with Gasteiger partial charge in [-0.1, -0.05) is 0 Å². The minimum atomic E-state index is -0.00766. The first-order valence-corrected chi connectivity index (χ1v) is 7.57. The Morgan fingerprint density at radius 3 is 3.00 bits per heavy atom. The average molecular weight is 328 g/mol. The van der Waals surface area contributed by atoms with E-state index in [1.165, 1.54) is 11.3 Å². The summed E-state index contributed by atoms with van der Waals surface area (Å²) in [5, 5.41) is 2.54. The second kappa shape index (κ2) is 6.60. The molecular weight excluding hydrogens is 310 g/mol. The van der Waals surface area contributed by atoms with E-state index in [4.69, 9.17) is 10.2 Å². The van der Waals surface area contributed by atoms with E-state index in [-0.39, 0.29) is 18.3 Å². The number of hydrogen-bond acceptors (Lipinski definition) is 5. The molecule has 2 N–H and O–H groups in total. The van der Waals surface area contributed by atoms with Crippen LogP contribution in [0, 0.1) is 12.8 Å². The molecule has 0 aromatic carbocycles. The van der Waals surface area contributed by atoms with Gasteiger partial charge < -0.3 is 15.1 Å². The normalized spacial score (nSPS) is 17.8. The second-order valence-corrected chi connectivity index (χ2v) is 5.95. The van der Waals surface area contributed by atoms with Crippen molar-refractivity contribution in [3.05, 3.63) is 29.0 Å². The third-order valence-corrected chi connectivity index (χ3v) is 4.44. The molecule has 3 rings (SSSR count). The largest absolute Gasteiger partial charge is 0.459 e. The van der Waals surface area contributed by atoms with Crippen molar-refractivity contribution in [2.75, 3.05) is 19.6 Å². The van der Waals surface area contributed by atoms with Gasteiger partial charge in [0.2, 0.25) is 0 Å². The number of nitrogens with zero attached hydrogens (tertiary/aromatic N) is 2. The van der Waals surface area contributed by atoms with E-state index in [1.807, 2.05) is 24.0 Å². The molecule has 3 heterocycles. The van der Waals surface area contributed by atoms with E-state index in [9.17, 15) is 4.79 Å². The van der Waals surface area contributed by atoms with Gasteiger partial charge in [0.05, 0.1) is 0 Å². The summed E-state index contributed by atoms with van der Waals surface area (Å²) >= 11 is 1.43. The van der Waals surface area contributed by atoms with Crippen molar-refractivity contribution in [2.24, 2.45) is 11.7 Å². The predicted molar refractivity (Wildman–Crippen MR) is 84.9 cm³/mol. The minimum Gasteiger partial charge on any atom is -0.459 e. The summed E-state index contributed by atoms with van der Waals surface area (Å²) in [5.41, 5.74) is 6.15. The van der Waals surface area contributed by atoms with Crippen LogP contribution in [0.3, 0.4) is 0 Å². The van der Waals surface area contributed by atoms with E-state index in [0.717, 1.165) is 30.3 Å². The van der Waals surface area contributed by atoms with E-state index in [2.05, 4.69) is 4.98 Å². The van der Waals surface area contributed by atoms with Crippen molar-refractivity contribution < 1.29 is 9.21 Å². The summed E-state index contributed by atoms with van der Waals surface area (Å²) in [5.74, 6) is 1.97.